The number of hydrogen-bond donors (Lipinski definition) is 0. The first kappa shape index (κ1) is 28.7. The van der Waals surface area contributed by atoms with Crippen LogP contribution in [0.15, 0.2) is 182 Å². The maximum Gasteiger partial charge on any atom is 1.00 e. The largest absolute Gasteiger partial charge is 1.00 e. The number of hydrogen-bond acceptors (Lipinski definition) is 0. The molecule has 194 valence electrons. The van der Waals surface area contributed by atoms with Gasteiger partial charge in [-0.1, -0.05) is 182 Å². The molecule has 0 atom stereocenters. The van der Waals surface area contributed by atoms with Crippen molar-refractivity contribution in [1.29, 1.82) is 0 Å². The van der Waals surface area contributed by atoms with E-state index >= 15 is 0 Å². The molecule has 0 unspecified atom stereocenters. The average Bonchev–Trinajstić information content (AvgIpc) is 3.01. The first-order valence-corrected chi connectivity index (χ1v) is 15.5. The molecule has 0 aromatic heterocycles. The van der Waals surface area contributed by atoms with E-state index in [9.17, 15) is 0 Å². The van der Waals surface area contributed by atoms with Crippen LogP contribution in [0.1, 0.15) is 0 Å². The Morgan fingerprint density at radius 1 is 0.205 bits per heavy atom. The quantitative estimate of drug-likeness (QED) is 0.147. The summed E-state index contributed by atoms with van der Waals surface area (Å²) >= 11 is 0. The molecule has 0 nitrogen and oxygen atoms in total. The third-order valence-corrected chi connectivity index (χ3v) is 11.0. The summed E-state index contributed by atoms with van der Waals surface area (Å²) in [7, 11) is -0.892. The smallest absolute Gasteiger partial charge is 0.0622 e. The Kier molecular flexibility index (Phi) is 11.3. The molecule has 0 aliphatic heterocycles. The van der Waals surface area contributed by atoms with E-state index in [4.69, 9.17) is 0 Å². The normalized spacial score (nSPS) is 10.3. The van der Waals surface area contributed by atoms with E-state index in [0.29, 0.717) is 0 Å². The predicted octanol–water partition coefficient (Wildman–Crippen LogP) is 6.89. The molecule has 6 aromatic carbocycles. The Morgan fingerprint density at radius 3 is 0.462 bits per heavy atom. The third-order valence-electron chi connectivity index (χ3n) is 6.09. The van der Waals surface area contributed by atoms with E-state index in [0.717, 1.165) is 0 Å². The van der Waals surface area contributed by atoms with Gasteiger partial charge in [0.05, 0.1) is 0 Å². The number of rotatable bonds is 6. The molecule has 0 amide bonds. The van der Waals surface area contributed by atoms with Crippen LogP contribution in [-0.4, -0.2) is 0 Å². The standard InChI is InChI=1S/2C18H15P.Cu/c2*1-4-10-16(11-5-1)19(17-12-6-2-7-13-17)18-14-8-3-9-15-18;/h2*1-15H;/q;;+1. The van der Waals surface area contributed by atoms with Crippen LogP contribution in [0.5, 0.6) is 0 Å². The summed E-state index contributed by atoms with van der Waals surface area (Å²) < 4.78 is 0. The van der Waals surface area contributed by atoms with Crippen LogP contribution in [0.4, 0.5) is 0 Å². The van der Waals surface area contributed by atoms with Gasteiger partial charge in [-0.25, -0.2) is 0 Å². The molecule has 0 saturated carbocycles. The second-order valence-corrected chi connectivity index (χ2v) is 13.1. The van der Waals surface area contributed by atoms with Crippen LogP contribution in [0.25, 0.3) is 0 Å². The van der Waals surface area contributed by atoms with Crippen molar-refractivity contribution in [3.63, 3.8) is 0 Å². The van der Waals surface area contributed by atoms with Gasteiger partial charge in [0.15, 0.2) is 0 Å². The molecule has 39 heavy (non-hydrogen) atoms. The second-order valence-electron chi connectivity index (χ2n) is 8.68. The first-order valence-electron chi connectivity index (χ1n) is 12.8. The van der Waals surface area contributed by atoms with Gasteiger partial charge in [-0.15, -0.1) is 0 Å². The van der Waals surface area contributed by atoms with Gasteiger partial charge in [0.1, 0.15) is 0 Å². The van der Waals surface area contributed by atoms with Crippen molar-refractivity contribution in [2.75, 3.05) is 0 Å². The maximum atomic E-state index is 2.23. The summed E-state index contributed by atoms with van der Waals surface area (Å²) in [6.45, 7) is 0. The number of benzene rings is 6. The topological polar surface area (TPSA) is 0 Å². The van der Waals surface area contributed by atoms with Crippen molar-refractivity contribution in [3.8, 4) is 0 Å². The van der Waals surface area contributed by atoms with E-state index in [1.54, 1.807) is 0 Å². The zero-order valence-electron chi connectivity index (χ0n) is 21.5. The van der Waals surface area contributed by atoms with Crippen LogP contribution < -0.4 is 31.8 Å². The van der Waals surface area contributed by atoms with Gasteiger partial charge in [-0.3, -0.25) is 0 Å². The Morgan fingerprint density at radius 2 is 0.333 bits per heavy atom. The van der Waals surface area contributed by atoms with Crippen LogP contribution in [0.2, 0.25) is 0 Å². The first-order chi connectivity index (χ1) is 18.9. The van der Waals surface area contributed by atoms with Crippen molar-refractivity contribution >= 4 is 47.7 Å². The zero-order chi connectivity index (χ0) is 25.8. The summed E-state index contributed by atoms with van der Waals surface area (Å²) in [6, 6.07) is 64.7. The Labute approximate surface area is 245 Å². The molecule has 0 spiro atoms. The monoisotopic (exact) mass is 587 g/mol. The molecule has 0 aliphatic carbocycles. The van der Waals surface area contributed by atoms with E-state index in [2.05, 4.69) is 182 Å². The molecule has 6 aromatic rings. The van der Waals surface area contributed by atoms with Crippen molar-refractivity contribution in [2.45, 2.75) is 0 Å². The van der Waals surface area contributed by atoms with Gasteiger partial charge in [-0.2, -0.15) is 0 Å². The fourth-order valence-corrected chi connectivity index (χ4v) is 8.97. The van der Waals surface area contributed by atoms with Crippen molar-refractivity contribution in [3.05, 3.63) is 182 Å². The zero-order valence-corrected chi connectivity index (χ0v) is 24.2. The molecule has 6 rings (SSSR count). The summed E-state index contributed by atoms with van der Waals surface area (Å²) in [5.74, 6) is 0. The fraction of sp³-hybridized carbons (Fsp3) is 0. The van der Waals surface area contributed by atoms with Crippen LogP contribution in [0.3, 0.4) is 0 Å². The van der Waals surface area contributed by atoms with E-state index in [1.165, 1.54) is 31.8 Å². The Balaban J connectivity index is 0.000000176. The summed E-state index contributed by atoms with van der Waals surface area (Å²) in [5.41, 5.74) is 0. The molecule has 0 fully saturated rings. The summed E-state index contributed by atoms with van der Waals surface area (Å²) in [4.78, 5) is 0. The molecule has 0 aliphatic rings. The van der Waals surface area contributed by atoms with Crippen molar-refractivity contribution in [2.24, 2.45) is 0 Å². The Hall–Kier alpha value is -3.30. The van der Waals surface area contributed by atoms with Crippen LogP contribution in [0, 0.1) is 0 Å². The molecular weight excluding hydrogens is 558 g/mol. The van der Waals surface area contributed by atoms with Crippen LogP contribution >= 0.6 is 15.8 Å². The Bertz CT molecular complexity index is 1170. The molecule has 0 bridgehead atoms. The molecule has 0 saturated heterocycles. The van der Waals surface area contributed by atoms with E-state index in [1.807, 2.05) is 0 Å². The minimum atomic E-state index is -0.446. The SMILES string of the molecule is [Cu+].c1ccc(P(c2ccccc2)c2ccccc2)cc1.c1ccc(P(c2ccccc2)c2ccccc2)cc1. The molecule has 0 heterocycles. The van der Waals surface area contributed by atoms with Gasteiger partial charge in [0.25, 0.3) is 0 Å². The molecular formula is C36H30CuP2+. The molecule has 0 N–H and O–H groups in total. The van der Waals surface area contributed by atoms with Gasteiger partial charge in [0.2, 0.25) is 0 Å². The van der Waals surface area contributed by atoms with Crippen molar-refractivity contribution < 1.29 is 17.1 Å². The molecule has 0 radical (unpaired) electrons. The van der Waals surface area contributed by atoms with Gasteiger partial charge in [-0.05, 0) is 47.7 Å². The summed E-state index contributed by atoms with van der Waals surface area (Å²) in [5, 5.41) is 8.39. The summed E-state index contributed by atoms with van der Waals surface area (Å²) in [6.07, 6.45) is 0. The minimum absolute atomic E-state index is 0. The maximum absolute atomic E-state index is 2.23. The fourth-order valence-electron chi connectivity index (χ4n) is 4.36. The third kappa shape index (κ3) is 7.86. The van der Waals surface area contributed by atoms with E-state index < -0.39 is 15.8 Å². The molecule has 3 heteroatoms. The average molecular weight is 588 g/mol. The minimum Gasteiger partial charge on any atom is -0.0622 e. The predicted molar refractivity (Wildman–Crippen MR) is 170 cm³/mol. The van der Waals surface area contributed by atoms with Crippen LogP contribution in [-0.2, 0) is 17.1 Å². The second kappa shape index (κ2) is 15.3. The van der Waals surface area contributed by atoms with Gasteiger partial charge >= 0.3 is 17.1 Å². The van der Waals surface area contributed by atoms with Gasteiger partial charge in [0, 0.05) is 0 Å². The van der Waals surface area contributed by atoms with Crippen molar-refractivity contribution in [1.82, 2.24) is 0 Å². The van der Waals surface area contributed by atoms with E-state index in [-0.39, 0.29) is 17.1 Å². The van der Waals surface area contributed by atoms with Gasteiger partial charge < -0.3 is 0 Å².